The van der Waals surface area contributed by atoms with Crippen molar-refractivity contribution >= 4 is 17.3 Å². The molecule has 148 valence electrons. The minimum absolute atomic E-state index is 0.166. The van der Waals surface area contributed by atoms with E-state index in [0.29, 0.717) is 30.2 Å². The van der Waals surface area contributed by atoms with Gasteiger partial charge in [-0.05, 0) is 41.5 Å². The van der Waals surface area contributed by atoms with Crippen LogP contribution in [0.15, 0.2) is 72.8 Å². The third-order valence-corrected chi connectivity index (χ3v) is 5.04. The number of nitrogens with zero attached hydrogens (tertiary/aromatic N) is 1. The van der Waals surface area contributed by atoms with Crippen molar-refractivity contribution in [3.05, 3.63) is 78.4 Å². The summed E-state index contributed by atoms with van der Waals surface area (Å²) in [5.41, 5.74) is 4.39. The van der Waals surface area contributed by atoms with Gasteiger partial charge in [-0.15, -0.1) is 0 Å². The molecule has 5 heteroatoms. The highest BCUT2D eigenvalue weighted by molar-refractivity contribution is 6.06. The predicted molar refractivity (Wildman–Crippen MR) is 116 cm³/mol. The number of rotatable bonds is 5. The van der Waals surface area contributed by atoms with E-state index in [1.165, 1.54) is 0 Å². The quantitative estimate of drug-likeness (QED) is 0.702. The fourth-order valence-corrected chi connectivity index (χ4v) is 3.48. The van der Waals surface area contributed by atoms with Gasteiger partial charge in [0.2, 0.25) is 0 Å². The molecule has 3 aromatic rings. The zero-order valence-corrected chi connectivity index (χ0v) is 16.4. The average molecular weight is 388 g/mol. The third-order valence-electron chi connectivity index (χ3n) is 5.04. The number of hydrogen-bond acceptors (Lipinski definition) is 4. The summed E-state index contributed by atoms with van der Waals surface area (Å²) in [7, 11) is 1.61. The zero-order chi connectivity index (χ0) is 20.1. The van der Waals surface area contributed by atoms with Gasteiger partial charge >= 0.3 is 0 Å². The number of anilines is 2. The Balaban J connectivity index is 1.58. The van der Waals surface area contributed by atoms with E-state index in [0.717, 1.165) is 29.9 Å². The zero-order valence-electron chi connectivity index (χ0n) is 16.4. The van der Waals surface area contributed by atoms with Crippen molar-refractivity contribution in [1.29, 1.82) is 0 Å². The lowest BCUT2D eigenvalue weighted by Crippen LogP contribution is -2.36. The lowest BCUT2D eigenvalue weighted by atomic mass is 10.0. The lowest BCUT2D eigenvalue weighted by Gasteiger charge is -2.29. The van der Waals surface area contributed by atoms with E-state index in [-0.39, 0.29) is 5.91 Å². The number of ether oxygens (including phenoxy) is 2. The van der Waals surface area contributed by atoms with Gasteiger partial charge in [0.1, 0.15) is 5.75 Å². The highest BCUT2D eigenvalue weighted by Crippen LogP contribution is 2.31. The fraction of sp³-hybridized carbons (Fsp3) is 0.208. The Hall–Kier alpha value is -3.31. The minimum Gasteiger partial charge on any atom is -0.495 e. The molecule has 0 atom stereocenters. The minimum atomic E-state index is -0.166. The summed E-state index contributed by atoms with van der Waals surface area (Å²) < 4.78 is 10.9. The molecule has 0 spiro atoms. The SMILES string of the molecule is COc1ccc(N2CCOCC2)cc1NC(=O)c1cccc(-c2ccccc2)c1. The number of carbonyl (C=O) groups excluding carboxylic acids is 1. The van der Waals surface area contributed by atoms with Crippen LogP contribution in [0.3, 0.4) is 0 Å². The van der Waals surface area contributed by atoms with Crippen LogP contribution in [0, 0.1) is 0 Å². The molecule has 1 N–H and O–H groups in total. The van der Waals surface area contributed by atoms with Gasteiger partial charge < -0.3 is 19.7 Å². The van der Waals surface area contributed by atoms with E-state index >= 15 is 0 Å². The van der Waals surface area contributed by atoms with E-state index in [9.17, 15) is 4.79 Å². The van der Waals surface area contributed by atoms with E-state index in [2.05, 4.69) is 10.2 Å². The van der Waals surface area contributed by atoms with E-state index < -0.39 is 0 Å². The number of morpholine rings is 1. The van der Waals surface area contributed by atoms with Gasteiger partial charge in [0.25, 0.3) is 5.91 Å². The van der Waals surface area contributed by atoms with Crippen LogP contribution in [0.25, 0.3) is 11.1 Å². The molecular weight excluding hydrogens is 364 g/mol. The second-order valence-electron chi connectivity index (χ2n) is 6.88. The molecule has 4 rings (SSSR count). The summed E-state index contributed by atoms with van der Waals surface area (Å²) in [4.78, 5) is 15.2. The molecular formula is C24H24N2O3. The van der Waals surface area contributed by atoms with Crippen LogP contribution in [-0.2, 0) is 4.74 Å². The van der Waals surface area contributed by atoms with Crippen LogP contribution < -0.4 is 15.0 Å². The van der Waals surface area contributed by atoms with Crippen LogP contribution in [0.5, 0.6) is 5.75 Å². The molecule has 3 aromatic carbocycles. The molecule has 1 aliphatic heterocycles. The van der Waals surface area contributed by atoms with Crippen LogP contribution in [0.1, 0.15) is 10.4 Å². The van der Waals surface area contributed by atoms with Gasteiger partial charge in [0.15, 0.2) is 0 Å². The van der Waals surface area contributed by atoms with Crippen molar-refractivity contribution in [2.24, 2.45) is 0 Å². The van der Waals surface area contributed by atoms with E-state index in [1.54, 1.807) is 7.11 Å². The number of hydrogen-bond donors (Lipinski definition) is 1. The highest BCUT2D eigenvalue weighted by Gasteiger charge is 2.16. The molecule has 1 fully saturated rings. The molecule has 1 saturated heterocycles. The highest BCUT2D eigenvalue weighted by atomic mass is 16.5. The Kier molecular flexibility index (Phi) is 5.77. The molecule has 1 aliphatic rings. The number of carbonyl (C=O) groups is 1. The van der Waals surface area contributed by atoms with Gasteiger partial charge in [-0.2, -0.15) is 0 Å². The van der Waals surface area contributed by atoms with Crippen molar-refractivity contribution in [3.8, 4) is 16.9 Å². The average Bonchev–Trinajstić information content (AvgIpc) is 2.80. The number of methoxy groups -OCH3 is 1. The summed E-state index contributed by atoms with van der Waals surface area (Å²) in [5.74, 6) is 0.467. The molecule has 29 heavy (non-hydrogen) atoms. The van der Waals surface area contributed by atoms with Crippen molar-refractivity contribution in [2.75, 3.05) is 43.6 Å². The van der Waals surface area contributed by atoms with Gasteiger partial charge in [-0.3, -0.25) is 4.79 Å². The van der Waals surface area contributed by atoms with Crippen molar-refractivity contribution in [1.82, 2.24) is 0 Å². The maximum Gasteiger partial charge on any atom is 0.255 e. The molecule has 1 heterocycles. The standard InChI is InChI=1S/C24H24N2O3/c1-28-23-11-10-21(26-12-14-29-15-13-26)17-22(23)25-24(27)20-9-5-8-19(16-20)18-6-3-2-4-7-18/h2-11,16-17H,12-15H2,1H3,(H,25,27). The van der Waals surface area contributed by atoms with Gasteiger partial charge in [0.05, 0.1) is 26.0 Å². The second-order valence-corrected chi connectivity index (χ2v) is 6.88. The largest absolute Gasteiger partial charge is 0.495 e. The lowest BCUT2D eigenvalue weighted by molar-refractivity contribution is 0.102. The monoisotopic (exact) mass is 388 g/mol. The maximum atomic E-state index is 13.0. The summed E-state index contributed by atoms with van der Waals surface area (Å²) in [5, 5.41) is 3.01. The molecule has 1 amide bonds. The van der Waals surface area contributed by atoms with Crippen LogP contribution in [0.2, 0.25) is 0 Å². The molecule has 0 radical (unpaired) electrons. The van der Waals surface area contributed by atoms with Gasteiger partial charge in [0, 0.05) is 24.3 Å². The first-order valence-electron chi connectivity index (χ1n) is 9.72. The third kappa shape index (κ3) is 4.41. The fourth-order valence-electron chi connectivity index (χ4n) is 3.48. The summed E-state index contributed by atoms with van der Waals surface area (Å²) in [6.07, 6.45) is 0. The maximum absolute atomic E-state index is 13.0. The summed E-state index contributed by atoms with van der Waals surface area (Å²) in [6.45, 7) is 3.08. The van der Waals surface area contributed by atoms with Crippen molar-refractivity contribution in [3.63, 3.8) is 0 Å². The Morgan fingerprint density at radius 2 is 1.69 bits per heavy atom. The Bertz CT molecular complexity index is 982. The summed E-state index contributed by atoms with van der Waals surface area (Å²) >= 11 is 0. The first-order chi connectivity index (χ1) is 14.2. The molecule has 0 saturated carbocycles. The molecule has 0 bridgehead atoms. The molecule has 0 unspecified atom stereocenters. The number of benzene rings is 3. The number of nitrogens with one attached hydrogen (secondary N) is 1. The first-order valence-corrected chi connectivity index (χ1v) is 9.72. The first kappa shape index (κ1) is 19.0. The summed E-state index contributed by atoms with van der Waals surface area (Å²) in [6, 6.07) is 23.5. The topological polar surface area (TPSA) is 50.8 Å². The van der Waals surface area contributed by atoms with Crippen LogP contribution in [0.4, 0.5) is 11.4 Å². The predicted octanol–water partition coefficient (Wildman–Crippen LogP) is 4.45. The molecule has 5 nitrogen and oxygen atoms in total. The van der Waals surface area contributed by atoms with Crippen molar-refractivity contribution in [2.45, 2.75) is 0 Å². The van der Waals surface area contributed by atoms with E-state index in [4.69, 9.17) is 9.47 Å². The van der Waals surface area contributed by atoms with E-state index in [1.807, 2.05) is 72.8 Å². The number of amides is 1. The molecule has 0 aromatic heterocycles. The smallest absolute Gasteiger partial charge is 0.255 e. The Labute approximate surface area is 170 Å². The van der Waals surface area contributed by atoms with Gasteiger partial charge in [-0.25, -0.2) is 0 Å². The van der Waals surface area contributed by atoms with Crippen LogP contribution in [-0.4, -0.2) is 39.3 Å². The normalized spacial score (nSPS) is 13.8. The van der Waals surface area contributed by atoms with Crippen LogP contribution >= 0.6 is 0 Å². The molecule has 0 aliphatic carbocycles. The van der Waals surface area contributed by atoms with Gasteiger partial charge in [-0.1, -0.05) is 42.5 Å². The second kappa shape index (κ2) is 8.80. The van der Waals surface area contributed by atoms with Crippen molar-refractivity contribution < 1.29 is 14.3 Å². The Morgan fingerprint density at radius 1 is 0.931 bits per heavy atom. The Morgan fingerprint density at radius 3 is 2.45 bits per heavy atom.